The maximum Gasteiger partial charge on any atom is 0.416 e. The van der Waals surface area contributed by atoms with Crippen LogP contribution in [0.2, 0.25) is 0 Å². The lowest BCUT2D eigenvalue weighted by molar-refractivity contribution is -0.201. The van der Waals surface area contributed by atoms with Gasteiger partial charge in [0, 0.05) is 5.56 Å². The van der Waals surface area contributed by atoms with E-state index in [2.05, 4.69) is 0 Å². The molecule has 0 aliphatic carbocycles. The molecule has 21 heavy (non-hydrogen) atoms. The molecule has 0 saturated heterocycles. The molecule has 2 rings (SSSR count). The van der Waals surface area contributed by atoms with Gasteiger partial charge in [-0.15, -0.1) is 0 Å². The lowest BCUT2D eigenvalue weighted by Gasteiger charge is -2.14. The number of aliphatic hydroxyl groups is 1. The van der Waals surface area contributed by atoms with Crippen LogP contribution in [0.15, 0.2) is 47.1 Å². The van der Waals surface area contributed by atoms with E-state index in [0.29, 0.717) is 11.1 Å². The number of benzene rings is 1. The zero-order valence-electron chi connectivity index (χ0n) is 10.7. The molecule has 112 valence electrons. The molecule has 1 unspecified atom stereocenters. The van der Waals surface area contributed by atoms with Gasteiger partial charge < -0.3 is 14.8 Å². The van der Waals surface area contributed by atoms with Crippen LogP contribution in [0.1, 0.15) is 10.6 Å². The van der Waals surface area contributed by atoms with Crippen molar-refractivity contribution in [3.63, 3.8) is 0 Å². The molecule has 0 aliphatic heterocycles. The highest BCUT2D eigenvalue weighted by Gasteiger charge is 2.38. The summed E-state index contributed by atoms with van der Waals surface area (Å²) in [6.07, 6.45) is -6.12. The predicted octanol–water partition coefficient (Wildman–Crippen LogP) is 2.60. The number of carbonyl (C=O) groups excluding carboxylic acids is 1. The Labute approximate surface area is 118 Å². The summed E-state index contributed by atoms with van der Waals surface area (Å²) < 4.78 is 41.5. The Morgan fingerprint density at radius 3 is 2.52 bits per heavy atom. The van der Waals surface area contributed by atoms with E-state index in [4.69, 9.17) is 9.52 Å². The van der Waals surface area contributed by atoms with Gasteiger partial charge >= 0.3 is 6.18 Å². The Bertz CT molecular complexity index is 607. The van der Waals surface area contributed by atoms with E-state index in [1.54, 1.807) is 36.4 Å². The quantitative estimate of drug-likeness (QED) is 0.912. The van der Waals surface area contributed by atoms with Gasteiger partial charge in [-0.25, -0.2) is 0 Å². The lowest BCUT2D eigenvalue weighted by Crippen LogP contribution is -2.40. The number of aliphatic hydroxyl groups excluding tert-OH is 1. The second-order valence-electron chi connectivity index (χ2n) is 4.30. The fourth-order valence-electron chi connectivity index (χ4n) is 1.72. The zero-order valence-corrected chi connectivity index (χ0v) is 10.7. The number of hydrogen-bond donors (Lipinski definition) is 2. The van der Waals surface area contributed by atoms with E-state index in [9.17, 15) is 18.0 Å². The molecule has 1 aromatic carbocycles. The van der Waals surface area contributed by atoms with Gasteiger partial charge in [-0.05, 0) is 11.6 Å². The van der Waals surface area contributed by atoms with Gasteiger partial charge in [0.1, 0.15) is 0 Å². The Balaban J connectivity index is 2.10. The molecular formula is C14H12F3NO3. The molecule has 0 bridgehead atoms. The summed E-state index contributed by atoms with van der Waals surface area (Å²) in [6.45, 7) is -0.933. The number of amides is 1. The fraction of sp³-hybridized carbons (Fsp3) is 0.214. The first-order chi connectivity index (χ1) is 9.89. The second kappa shape index (κ2) is 6.01. The fourth-order valence-corrected chi connectivity index (χ4v) is 1.72. The van der Waals surface area contributed by atoms with E-state index in [-0.39, 0.29) is 5.76 Å². The van der Waals surface area contributed by atoms with E-state index in [1.165, 1.54) is 6.26 Å². The predicted molar refractivity (Wildman–Crippen MR) is 68.5 cm³/mol. The number of halogens is 3. The number of carbonyl (C=O) groups is 1. The van der Waals surface area contributed by atoms with Crippen molar-refractivity contribution >= 4 is 5.91 Å². The van der Waals surface area contributed by atoms with Crippen LogP contribution in [0.3, 0.4) is 0 Å². The molecule has 1 amide bonds. The first-order valence-corrected chi connectivity index (χ1v) is 6.05. The SMILES string of the molecule is O=C(NCC(O)C(F)(F)F)c1occc1-c1ccccc1. The second-order valence-corrected chi connectivity index (χ2v) is 4.30. The Kier molecular flexibility index (Phi) is 4.32. The summed E-state index contributed by atoms with van der Waals surface area (Å²) in [4.78, 5) is 11.8. The Hall–Kier alpha value is -2.28. The number of hydrogen-bond acceptors (Lipinski definition) is 3. The average Bonchev–Trinajstić information content (AvgIpc) is 2.93. The summed E-state index contributed by atoms with van der Waals surface area (Å²) in [7, 11) is 0. The van der Waals surface area contributed by atoms with Crippen LogP contribution in [0, 0.1) is 0 Å². The normalized spacial score (nSPS) is 13.0. The van der Waals surface area contributed by atoms with Gasteiger partial charge in [-0.2, -0.15) is 13.2 Å². The topological polar surface area (TPSA) is 62.5 Å². The molecule has 0 saturated carbocycles. The third kappa shape index (κ3) is 3.63. The molecule has 0 aliphatic rings. The van der Waals surface area contributed by atoms with Crippen molar-refractivity contribution in [1.82, 2.24) is 5.32 Å². The van der Waals surface area contributed by atoms with E-state index in [1.807, 2.05) is 5.32 Å². The van der Waals surface area contributed by atoms with Crippen molar-refractivity contribution < 1.29 is 27.5 Å². The smallest absolute Gasteiger partial charge is 0.416 e. The van der Waals surface area contributed by atoms with Crippen molar-refractivity contribution in [2.24, 2.45) is 0 Å². The van der Waals surface area contributed by atoms with Crippen molar-refractivity contribution in [2.75, 3.05) is 6.54 Å². The molecule has 0 spiro atoms. The van der Waals surface area contributed by atoms with Crippen molar-refractivity contribution in [1.29, 1.82) is 0 Å². The first kappa shape index (κ1) is 15.1. The van der Waals surface area contributed by atoms with Crippen LogP contribution in [0.4, 0.5) is 13.2 Å². The highest BCUT2D eigenvalue weighted by Crippen LogP contribution is 2.25. The Morgan fingerprint density at radius 2 is 1.90 bits per heavy atom. The standard InChI is InChI=1S/C14H12F3NO3/c15-14(16,17)11(19)8-18-13(20)12-10(6-7-21-12)9-4-2-1-3-5-9/h1-7,11,19H,8H2,(H,18,20). The van der Waals surface area contributed by atoms with E-state index in [0.717, 1.165) is 0 Å². The molecule has 0 fully saturated rings. The van der Waals surface area contributed by atoms with Crippen LogP contribution >= 0.6 is 0 Å². The number of rotatable bonds is 4. The lowest BCUT2D eigenvalue weighted by atomic mass is 10.1. The third-order valence-corrected chi connectivity index (χ3v) is 2.79. The molecule has 4 nitrogen and oxygen atoms in total. The van der Waals surface area contributed by atoms with Crippen molar-refractivity contribution in [3.05, 3.63) is 48.4 Å². The van der Waals surface area contributed by atoms with Crippen LogP contribution < -0.4 is 5.32 Å². The third-order valence-electron chi connectivity index (χ3n) is 2.79. The minimum atomic E-state index is -4.78. The van der Waals surface area contributed by atoms with Crippen molar-refractivity contribution in [2.45, 2.75) is 12.3 Å². The van der Waals surface area contributed by atoms with Crippen LogP contribution in [0.25, 0.3) is 11.1 Å². The molecule has 1 heterocycles. The molecule has 7 heteroatoms. The molecule has 1 atom stereocenters. The number of alkyl halides is 3. The number of nitrogens with one attached hydrogen (secondary N) is 1. The summed E-state index contributed by atoms with van der Waals surface area (Å²) in [5.41, 5.74) is 1.17. The summed E-state index contributed by atoms with van der Waals surface area (Å²) in [6, 6.07) is 10.3. The molecule has 2 aromatic rings. The largest absolute Gasteiger partial charge is 0.459 e. The molecule has 0 radical (unpaired) electrons. The molecular weight excluding hydrogens is 287 g/mol. The summed E-state index contributed by atoms with van der Waals surface area (Å²) in [5, 5.41) is 10.8. The van der Waals surface area contributed by atoms with Gasteiger partial charge in [0.05, 0.1) is 12.8 Å². The Morgan fingerprint density at radius 1 is 1.24 bits per heavy atom. The van der Waals surface area contributed by atoms with E-state index < -0.39 is 24.7 Å². The average molecular weight is 299 g/mol. The number of furan rings is 1. The van der Waals surface area contributed by atoms with Gasteiger partial charge in [0.2, 0.25) is 0 Å². The monoisotopic (exact) mass is 299 g/mol. The summed E-state index contributed by atoms with van der Waals surface area (Å²) >= 11 is 0. The maximum absolute atomic E-state index is 12.2. The van der Waals surface area contributed by atoms with Crippen LogP contribution in [-0.2, 0) is 0 Å². The van der Waals surface area contributed by atoms with Crippen molar-refractivity contribution in [3.8, 4) is 11.1 Å². The van der Waals surface area contributed by atoms with Crippen LogP contribution in [-0.4, -0.2) is 29.8 Å². The van der Waals surface area contributed by atoms with Gasteiger partial charge in [0.15, 0.2) is 11.9 Å². The highest BCUT2D eigenvalue weighted by atomic mass is 19.4. The van der Waals surface area contributed by atoms with Gasteiger partial charge in [-0.1, -0.05) is 30.3 Å². The highest BCUT2D eigenvalue weighted by molar-refractivity contribution is 5.98. The minimum absolute atomic E-state index is 0.101. The van der Waals surface area contributed by atoms with Gasteiger partial charge in [0.25, 0.3) is 5.91 Å². The molecule has 1 aromatic heterocycles. The first-order valence-electron chi connectivity index (χ1n) is 6.05. The maximum atomic E-state index is 12.2. The minimum Gasteiger partial charge on any atom is -0.459 e. The van der Waals surface area contributed by atoms with Gasteiger partial charge in [-0.3, -0.25) is 4.79 Å². The zero-order chi connectivity index (χ0) is 15.5. The van der Waals surface area contributed by atoms with Crippen LogP contribution in [0.5, 0.6) is 0 Å². The van der Waals surface area contributed by atoms with E-state index >= 15 is 0 Å². The molecule has 2 N–H and O–H groups in total. The summed E-state index contributed by atoms with van der Waals surface area (Å²) in [5.74, 6) is -0.919.